The van der Waals surface area contributed by atoms with E-state index in [1.54, 1.807) is 0 Å². The average molecular weight is 342 g/mol. The van der Waals surface area contributed by atoms with E-state index in [0.29, 0.717) is 25.5 Å². The number of nitrogens with one attached hydrogen (secondary N) is 2. The molecule has 3 rings (SSSR count). The molecule has 2 saturated heterocycles. The van der Waals surface area contributed by atoms with Crippen LogP contribution in [-0.2, 0) is 9.47 Å². The second-order valence-electron chi connectivity index (χ2n) is 6.03. The predicted molar refractivity (Wildman–Crippen MR) is 82.4 cm³/mol. The standard InChI is InChI=1S/C16H20F2N2O4/c17-14(18)24-13-3-1-11(2-4-13)19-15(21)20-12-5-7-23-16(9-12)6-8-22-10-16/h1-4,12,14H,5-10H2,(H2,19,20,21)/t12-,16-/m1/s1. The van der Waals surface area contributed by atoms with Gasteiger partial charge in [0.25, 0.3) is 0 Å². The van der Waals surface area contributed by atoms with Crippen LogP contribution in [0.25, 0.3) is 0 Å². The zero-order chi connectivity index (χ0) is 17.0. The smallest absolute Gasteiger partial charge is 0.387 e. The third-order valence-electron chi connectivity index (χ3n) is 4.23. The van der Waals surface area contributed by atoms with Crippen molar-refractivity contribution in [3.8, 4) is 5.75 Å². The van der Waals surface area contributed by atoms with Gasteiger partial charge in [0.05, 0.1) is 12.2 Å². The summed E-state index contributed by atoms with van der Waals surface area (Å²) in [7, 11) is 0. The fourth-order valence-corrected chi connectivity index (χ4v) is 3.09. The molecule has 2 aliphatic rings. The van der Waals surface area contributed by atoms with E-state index in [1.165, 1.54) is 24.3 Å². The molecule has 2 amide bonds. The van der Waals surface area contributed by atoms with Crippen LogP contribution in [0.2, 0.25) is 0 Å². The molecule has 8 heteroatoms. The lowest BCUT2D eigenvalue weighted by molar-refractivity contribution is -0.0877. The van der Waals surface area contributed by atoms with Crippen molar-refractivity contribution in [1.29, 1.82) is 0 Å². The largest absolute Gasteiger partial charge is 0.435 e. The topological polar surface area (TPSA) is 68.8 Å². The molecule has 6 nitrogen and oxygen atoms in total. The van der Waals surface area contributed by atoms with Crippen LogP contribution < -0.4 is 15.4 Å². The van der Waals surface area contributed by atoms with Crippen LogP contribution in [0.4, 0.5) is 19.3 Å². The number of carbonyl (C=O) groups excluding carboxylic acids is 1. The van der Waals surface area contributed by atoms with Crippen molar-refractivity contribution in [2.75, 3.05) is 25.1 Å². The Hall–Kier alpha value is -1.93. The molecule has 132 valence electrons. The normalized spacial score (nSPS) is 26.5. The number of amides is 2. The molecule has 0 aromatic heterocycles. The molecule has 2 aliphatic heterocycles. The molecule has 1 spiro atoms. The number of carbonyl (C=O) groups is 1. The van der Waals surface area contributed by atoms with Gasteiger partial charge in [-0.05, 0) is 37.1 Å². The van der Waals surface area contributed by atoms with E-state index in [2.05, 4.69) is 15.4 Å². The number of benzene rings is 1. The van der Waals surface area contributed by atoms with Gasteiger partial charge in [-0.25, -0.2) is 4.79 Å². The maximum atomic E-state index is 12.1. The molecule has 2 fully saturated rings. The van der Waals surface area contributed by atoms with E-state index in [4.69, 9.17) is 9.47 Å². The minimum atomic E-state index is -2.87. The van der Waals surface area contributed by atoms with E-state index in [9.17, 15) is 13.6 Å². The van der Waals surface area contributed by atoms with Crippen LogP contribution in [-0.4, -0.2) is 44.1 Å². The Balaban J connectivity index is 1.50. The van der Waals surface area contributed by atoms with Crippen LogP contribution in [0.1, 0.15) is 19.3 Å². The number of rotatable bonds is 4. The summed E-state index contributed by atoms with van der Waals surface area (Å²) < 4.78 is 39.7. The Kier molecular flexibility index (Phi) is 5.15. The van der Waals surface area contributed by atoms with Crippen molar-refractivity contribution < 1.29 is 27.8 Å². The second-order valence-corrected chi connectivity index (χ2v) is 6.03. The van der Waals surface area contributed by atoms with Gasteiger partial charge in [0.2, 0.25) is 0 Å². The summed E-state index contributed by atoms with van der Waals surface area (Å²) in [5.41, 5.74) is 0.227. The molecule has 0 radical (unpaired) electrons. The van der Waals surface area contributed by atoms with E-state index in [1.807, 2.05) is 0 Å². The van der Waals surface area contributed by atoms with Crippen molar-refractivity contribution in [1.82, 2.24) is 5.32 Å². The number of hydrogen-bond donors (Lipinski definition) is 2. The van der Waals surface area contributed by atoms with Gasteiger partial charge in [-0.15, -0.1) is 0 Å². The first-order chi connectivity index (χ1) is 11.5. The van der Waals surface area contributed by atoms with Crippen LogP contribution in [0.3, 0.4) is 0 Å². The molecule has 0 unspecified atom stereocenters. The molecule has 0 saturated carbocycles. The predicted octanol–water partition coefficient (Wildman–Crippen LogP) is 2.75. The quantitative estimate of drug-likeness (QED) is 0.883. The number of alkyl halides is 2. The Morgan fingerprint density at radius 1 is 1.29 bits per heavy atom. The Bertz CT molecular complexity index is 562. The Morgan fingerprint density at radius 2 is 2.08 bits per heavy atom. The summed E-state index contributed by atoms with van der Waals surface area (Å²) in [6.45, 7) is -1.02. The van der Waals surface area contributed by atoms with Crippen molar-refractivity contribution in [2.45, 2.75) is 37.5 Å². The summed E-state index contributed by atoms with van der Waals surface area (Å²) in [6.07, 6.45) is 2.32. The van der Waals surface area contributed by atoms with Crippen molar-refractivity contribution in [3.63, 3.8) is 0 Å². The second kappa shape index (κ2) is 7.31. The van der Waals surface area contributed by atoms with Crippen molar-refractivity contribution in [2.24, 2.45) is 0 Å². The number of anilines is 1. The first-order valence-corrected chi connectivity index (χ1v) is 7.89. The zero-order valence-corrected chi connectivity index (χ0v) is 13.1. The molecule has 2 N–H and O–H groups in total. The van der Waals surface area contributed by atoms with Crippen molar-refractivity contribution in [3.05, 3.63) is 24.3 Å². The lowest BCUT2D eigenvalue weighted by Crippen LogP contribution is -2.49. The molecule has 24 heavy (non-hydrogen) atoms. The van der Waals surface area contributed by atoms with Crippen LogP contribution in [0.5, 0.6) is 5.75 Å². The molecule has 0 bridgehead atoms. The lowest BCUT2D eigenvalue weighted by Gasteiger charge is -2.37. The molecular formula is C16H20F2N2O4. The van der Waals surface area contributed by atoms with Gasteiger partial charge in [-0.2, -0.15) is 8.78 Å². The average Bonchev–Trinajstić information content (AvgIpc) is 2.96. The zero-order valence-electron chi connectivity index (χ0n) is 13.1. The molecule has 2 atom stereocenters. The fourth-order valence-electron chi connectivity index (χ4n) is 3.09. The Labute approximate surface area is 138 Å². The summed E-state index contributed by atoms with van der Waals surface area (Å²) >= 11 is 0. The summed E-state index contributed by atoms with van der Waals surface area (Å²) in [5, 5.41) is 5.61. The van der Waals surface area contributed by atoms with Gasteiger partial charge in [0, 0.05) is 31.4 Å². The third kappa shape index (κ3) is 4.33. The van der Waals surface area contributed by atoms with E-state index in [-0.39, 0.29) is 23.4 Å². The van der Waals surface area contributed by atoms with Crippen molar-refractivity contribution >= 4 is 11.7 Å². The third-order valence-corrected chi connectivity index (χ3v) is 4.23. The maximum Gasteiger partial charge on any atom is 0.387 e. The summed E-state index contributed by atoms with van der Waals surface area (Å²) in [6, 6.07) is 5.45. The van der Waals surface area contributed by atoms with Gasteiger partial charge in [-0.1, -0.05) is 0 Å². The van der Waals surface area contributed by atoms with Crippen LogP contribution >= 0.6 is 0 Å². The maximum absolute atomic E-state index is 12.1. The monoisotopic (exact) mass is 342 g/mol. The highest BCUT2D eigenvalue weighted by molar-refractivity contribution is 5.89. The number of halogens is 2. The number of hydrogen-bond acceptors (Lipinski definition) is 4. The van der Waals surface area contributed by atoms with E-state index >= 15 is 0 Å². The van der Waals surface area contributed by atoms with Gasteiger partial charge >= 0.3 is 12.6 Å². The fraction of sp³-hybridized carbons (Fsp3) is 0.562. The van der Waals surface area contributed by atoms with Gasteiger partial charge in [0.1, 0.15) is 5.75 Å². The molecule has 1 aromatic carbocycles. The van der Waals surface area contributed by atoms with Gasteiger partial charge in [0.15, 0.2) is 0 Å². The first kappa shape index (κ1) is 16.9. The van der Waals surface area contributed by atoms with Gasteiger partial charge < -0.3 is 24.8 Å². The minimum absolute atomic E-state index is 0.0156. The number of ether oxygens (including phenoxy) is 3. The minimum Gasteiger partial charge on any atom is -0.435 e. The highest BCUT2D eigenvalue weighted by Crippen LogP contribution is 2.32. The molecule has 1 aromatic rings. The Morgan fingerprint density at radius 3 is 2.75 bits per heavy atom. The summed E-state index contributed by atoms with van der Waals surface area (Å²) in [5.74, 6) is 0.0450. The van der Waals surface area contributed by atoms with Gasteiger partial charge in [-0.3, -0.25) is 0 Å². The van der Waals surface area contributed by atoms with Crippen LogP contribution in [0, 0.1) is 0 Å². The van der Waals surface area contributed by atoms with E-state index in [0.717, 1.165) is 19.3 Å². The highest BCUT2D eigenvalue weighted by atomic mass is 19.3. The molecule has 0 aliphatic carbocycles. The van der Waals surface area contributed by atoms with Crippen LogP contribution in [0.15, 0.2) is 24.3 Å². The SMILES string of the molecule is O=C(Nc1ccc(OC(F)F)cc1)N[C@@H]1CCO[C@]2(CCOC2)C1. The lowest BCUT2D eigenvalue weighted by atomic mass is 9.90. The number of urea groups is 1. The summed E-state index contributed by atoms with van der Waals surface area (Å²) in [4.78, 5) is 12.1. The highest BCUT2D eigenvalue weighted by Gasteiger charge is 2.41. The van der Waals surface area contributed by atoms with E-state index < -0.39 is 6.61 Å². The molecule has 2 heterocycles. The molecular weight excluding hydrogens is 322 g/mol. The first-order valence-electron chi connectivity index (χ1n) is 7.89.